The number of benzene rings is 2. The van der Waals surface area contributed by atoms with Gasteiger partial charge in [0.25, 0.3) is 5.91 Å². The Kier molecular flexibility index (Phi) is 5.47. The van der Waals surface area contributed by atoms with Gasteiger partial charge in [-0.25, -0.2) is 0 Å². The van der Waals surface area contributed by atoms with Crippen molar-refractivity contribution in [2.24, 2.45) is 0 Å². The molecule has 1 N–H and O–H groups in total. The second-order valence-electron chi connectivity index (χ2n) is 7.64. The number of methoxy groups -OCH3 is 1. The van der Waals surface area contributed by atoms with Gasteiger partial charge >= 0.3 is 0 Å². The van der Waals surface area contributed by atoms with E-state index in [2.05, 4.69) is 23.3 Å². The van der Waals surface area contributed by atoms with Crippen molar-refractivity contribution in [2.75, 3.05) is 26.8 Å². The van der Waals surface area contributed by atoms with Gasteiger partial charge in [0.1, 0.15) is 11.5 Å². The van der Waals surface area contributed by atoms with Crippen molar-refractivity contribution in [1.82, 2.24) is 9.88 Å². The molecule has 0 bridgehead atoms. The summed E-state index contributed by atoms with van der Waals surface area (Å²) in [5.41, 5.74) is 4.19. The molecule has 0 radical (unpaired) electrons. The summed E-state index contributed by atoms with van der Waals surface area (Å²) in [6.45, 7) is 6.12. The summed E-state index contributed by atoms with van der Waals surface area (Å²) in [6, 6.07) is 11.8. The van der Waals surface area contributed by atoms with Crippen LogP contribution in [0.25, 0.3) is 10.9 Å². The zero-order valence-corrected chi connectivity index (χ0v) is 17.3. The summed E-state index contributed by atoms with van der Waals surface area (Å²) in [5.74, 6) is 2.27. The van der Waals surface area contributed by atoms with E-state index in [0.717, 1.165) is 54.1 Å². The highest BCUT2D eigenvalue weighted by molar-refractivity contribution is 5.94. The van der Waals surface area contributed by atoms with Gasteiger partial charge in [0, 0.05) is 35.8 Å². The number of aryl methyl sites for hydroxylation is 1. The molecule has 2 aromatic carbocycles. The predicted molar refractivity (Wildman–Crippen MR) is 115 cm³/mol. The number of aromatic amines is 1. The van der Waals surface area contributed by atoms with Gasteiger partial charge in [-0.15, -0.1) is 0 Å². The van der Waals surface area contributed by atoms with Gasteiger partial charge in [-0.2, -0.15) is 0 Å². The summed E-state index contributed by atoms with van der Waals surface area (Å²) < 4.78 is 11.0. The van der Waals surface area contributed by atoms with Crippen LogP contribution in [-0.4, -0.2) is 42.6 Å². The van der Waals surface area contributed by atoms with Gasteiger partial charge in [0.15, 0.2) is 0 Å². The van der Waals surface area contributed by atoms with Crippen LogP contribution in [0.5, 0.6) is 11.5 Å². The number of ether oxygens (including phenoxy) is 2. The molecule has 0 spiro atoms. The molecule has 0 saturated carbocycles. The van der Waals surface area contributed by atoms with Crippen LogP contribution in [0.1, 0.15) is 47.2 Å². The lowest BCUT2D eigenvalue weighted by molar-refractivity contribution is 0.0713. The van der Waals surface area contributed by atoms with E-state index in [1.807, 2.05) is 43.0 Å². The number of carbonyl (C=O) groups excluding carboxylic acids is 1. The maximum Gasteiger partial charge on any atom is 0.253 e. The van der Waals surface area contributed by atoms with Crippen molar-refractivity contribution in [3.05, 3.63) is 59.3 Å². The summed E-state index contributed by atoms with van der Waals surface area (Å²) in [4.78, 5) is 18.3. The quantitative estimate of drug-likeness (QED) is 0.672. The van der Waals surface area contributed by atoms with Crippen molar-refractivity contribution in [2.45, 2.75) is 32.6 Å². The summed E-state index contributed by atoms with van der Waals surface area (Å²) in [6.07, 6.45) is 4.04. The smallest absolute Gasteiger partial charge is 0.253 e. The highest BCUT2D eigenvalue weighted by Gasteiger charge is 2.26. The molecule has 1 aromatic heterocycles. The molecule has 2 heterocycles. The van der Waals surface area contributed by atoms with Crippen LogP contribution >= 0.6 is 0 Å². The molecule has 5 heteroatoms. The fraction of sp³-hybridized carbons (Fsp3) is 0.375. The van der Waals surface area contributed by atoms with Gasteiger partial charge in [-0.05, 0) is 80.1 Å². The third kappa shape index (κ3) is 3.82. The number of piperidine rings is 1. The summed E-state index contributed by atoms with van der Waals surface area (Å²) >= 11 is 0. The first-order valence-electron chi connectivity index (χ1n) is 10.3. The minimum absolute atomic E-state index is 0.107. The van der Waals surface area contributed by atoms with E-state index >= 15 is 0 Å². The van der Waals surface area contributed by atoms with Crippen LogP contribution in [0.2, 0.25) is 0 Å². The molecule has 0 aliphatic carbocycles. The molecule has 1 aliphatic heterocycles. The molecule has 0 unspecified atom stereocenters. The van der Waals surface area contributed by atoms with Gasteiger partial charge in [-0.3, -0.25) is 4.79 Å². The second-order valence-corrected chi connectivity index (χ2v) is 7.64. The Balaban J connectivity index is 1.45. The highest BCUT2D eigenvalue weighted by atomic mass is 16.5. The third-order valence-corrected chi connectivity index (χ3v) is 5.86. The summed E-state index contributed by atoms with van der Waals surface area (Å²) in [5, 5.41) is 1.22. The Labute approximate surface area is 171 Å². The van der Waals surface area contributed by atoms with Crippen LogP contribution in [-0.2, 0) is 0 Å². The Morgan fingerprint density at radius 2 is 1.97 bits per heavy atom. The number of hydrogen-bond donors (Lipinski definition) is 1. The van der Waals surface area contributed by atoms with E-state index < -0.39 is 0 Å². The lowest BCUT2D eigenvalue weighted by atomic mass is 9.89. The number of rotatable bonds is 5. The fourth-order valence-corrected chi connectivity index (χ4v) is 4.26. The third-order valence-electron chi connectivity index (χ3n) is 5.86. The fourth-order valence-electron chi connectivity index (χ4n) is 4.26. The van der Waals surface area contributed by atoms with Gasteiger partial charge < -0.3 is 19.4 Å². The largest absolute Gasteiger partial charge is 0.497 e. The molecule has 1 aliphatic rings. The Bertz CT molecular complexity index is 1020. The molecule has 3 aromatic rings. The average molecular weight is 392 g/mol. The lowest BCUT2D eigenvalue weighted by Gasteiger charge is -2.32. The SMILES string of the molecule is CCOc1ccc(C(=O)N2CCC(c3c[nH]c4ccc(OC)cc34)CC2)cc1C. The van der Waals surface area contributed by atoms with E-state index in [0.29, 0.717) is 12.5 Å². The maximum atomic E-state index is 13.0. The van der Waals surface area contributed by atoms with E-state index in [9.17, 15) is 4.79 Å². The van der Waals surface area contributed by atoms with E-state index in [-0.39, 0.29) is 5.91 Å². The lowest BCUT2D eigenvalue weighted by Crippen LogP contribution is -2.37. The number of hydrogen-bond acceptors (Lipinski definition) is 3. The minimum Gasteiger partial charge on any atom is -0.497 e. The van der Waals surface area contributed by atoms with Crippen molar-refractivity contribution in [1.29, 1.82) is 0 Å². The monoisotopic (exact) mass is 392 g/mol. The first-order valence-corrected chi connectivity index (χ1v) is 10.3. The highest BCUT2D eigenvalue weighted by Crippen LogP contribution is 2.35. The first kappa shape index (κ1) is 19.4. The minimum atomic E-state index is 0.107. The standard InChI is InChI=1S/C24H28N2O3/c1-4-29-23-8-5-18(13-16(23)2)24(27)26-11-9-17(10-12-26)21-15-25-22-7-6-19(28-3)14-20(21)22/h5-8,13-15,17,25H,4,9-12H2,1-3H3. The van der Waals surface area contributed by atoms with Crippen LogP contribution in [0, 0.1) is 6.92 Å². The molecule has 152 valence electrons. The predicted octanol–water partition coefficient (Wildman–Crippen LogP) is 4.90. The van der Waals surface area contributed by atoms with E-state index in [4.69, 9.17) is 9.47 Å². The van der Waals surface area contributed by atoms with Crippen LogP contribution in [0.4, 0.5) is 0 Å². The number of nitrogens with zero attached hydrogens (tertiary/aromatic N) is 1. The number of H-pyrrole nitrogens is 1. The Morgan fingerprint density at radius 1 is 1.17 bits per heavy atom. The van der Waals surface area contributed by atoms with Crippen molar-refractivity contribution >= 4 is 16.8 Å². The molecule has 4 rings (SSSR count). The molecular formula is C24H28N2O3. The average Bonchev–Trinajstić information content (AvgIpc) is 3.18. The number of aromatic nitrogens is 1. The normalized spacial score (nSPS) is 14.9. The topological polar surface area (TPSA) is 54.6 Å². The Hall–Kier alpha value is -2.95. The number of fused-ring (bicyclic) bond motifs is 1. The molecular weight excluding hydrogens is 364 g/mol. The molecule has 1 fully saturated rings. The van der Waals surface area contributed by atoms with Crippen LogP contribution < -0.4 is 9.47 Å². The van der Waals surface area contributed by atoms with E-state index in [1.165, 1.54) is 10.9 Å². The summed E-state index contributed by atoms with van der Waals surface area (Å²) in [7, 11) is 1.69. The van der Waals surface area contributed by atoms with Crippen LogP contribution in [0.15, 0.2) is 42.6 Å². The van der Waals surface area contributed by atoms with Gasteiger partial charge in [0.05, 0.1) is 13.7 Å². The maximum absolute atomic E-state index is 13.0. The van der Waals surface area contributed by atoms with Crippen molar-refractivity contribution in [3.63, 3.8) is 0 Å². The number of nitrogens with one attached hydrogen (secondary N) is 1. The number of likely N-dealkylation sites (tertiary alicyclic amines) is 1. The number of amides is 1. The molecule has 1 amide bonds. The molecule has 1 saturated heterocycles. The number of carbonyl (C=O) groups is 1. The van der Waals surface area contributed by atoms with Crippen molar-refractivity contribution < 1.29 is 14.3 Å². The van der Waals surface area contributed by atoms with Crippen LogP contribution in [0.3, 0.4) is 0 Å². The zero-order valence-electron chi connectivity index (χ0n) is 17.3. The van der Waals surface area contributed by atoms with Gasteiger partial charge in [-0.1, -0.05) is 0 Å². The Morgan fingerprint density at radius 3 is 2.66 bits per heavy atom. The van der Waals surface area contributed by atoms with E-state index in [1.54, 1.807) is 7.11 Å². The van der Waals surface area contributed by atoms with Gasteiger partial charge in [0.2, 0.25) is 0 Å². The second kappa shape index (κ2) is 8.19. The molecule has 29 heavy (non-hydrogen) atoms. The van der Waals surface area contributed by atoms with Crippen molar-refractivity contribution in [3.8, 4) is 11.5 Å². The zero-order chi connectivity index (χ0) is 20.4. The molecule has 0 atom stereocenters. The molecule has 5 nitrogen and oxygen atoms in total. The first-order chi connectivity index (χ1) is 14.1.